The molecule has 0 radical (unpaired) electrons. The molecule has 3 aromatic heterocycles. The highest BCUT2D eigenvalue weighted by Crippen LogP contribution is 2.34. The van der Waals surface area contributed by atoms with E-state index in [2.05, 4.69) is 4.98 Å². The normalized spacial score (nSPS) is 15.9. The standard InChI is InChI=1S/C22H16ClF2N3O3/c1-27(22(30)11-5-18-14(23)3-2-4-28(18)8-11)19-10-31-9-17-20(19)12-6-15(24)16(25)7-13(12)21(29)26-17/h2-8,19H,9-10H2,1H3,(H,26,29)/t19-/m1/s1. The summed E-state index contributed by atoms with van der Waals surface area (Å²) in [6.45, 7) is 0.243. The Morgan fingerprint density at radius 2 is 2.00 bits per heavy atom. The van der Waals surface area contributed by atoms with E-state index in [1.54, 1.807) is 42.0 Å². The highest BCUT2D eigenvalue weighted by atomic mass is 35.5. The van der Waals surface area contributed by atoms with Gasteiger partial charge in [-0.15, -0.1) is 0 Å². The van der Waals surface area contributed by atoms with E-state index >= 15 is 0 Å². The van der Waals surface area contributed by atoms with Gasteiger partial charge >= 0.3 is 0 Å². The number of nitrogens with one attached hydrogen (secondary N) is 1. The monoisotopic (exact) mass is 443 g/mol. The summed E-state index contributed by atoms with van der Waals surface area (Å²) in [5, 5.41) is 0.791. The molecule has 1 amide bonds. The van der Waals surface area contributed by atoms with Gasteiger partial charge in [-0.25, -0.2) is 8.78 Å². The molecule has 1 aliphatic heterocycles. The minimum absolute atomic E-state index is 0.0202. The summed E-state index contributed by atoms with van der Waals surface area (Å²) in [7, 11) is 1.60. The zero-order chi connectivity index (χ0) is 21.9. The number of carbonyl (C=O) groups is 1. The molecular formula is C22H16ClF2N3O3. The van der Waals surface area contributed by atoms with Gasteiger partial charge in [-0.2, -0.15) is 0 Å². The number of aromatic amines is 1. The highest BCUT2D eigenvalue weighted by Gasteiger charge is 2.31. The predicted molar refractivity (Wildman–Crippen MR) is 111 cm³/mol. The quantitative estimate of drug-likeness (QED) is 0.508. The van der Waals surface area contributed by atoms with Crippen molar-refractivity contribution in [2.24, 2.45) is 0 Å². The zero-order valence-corrected chi connectivity index (χ0v) is 17.0. The van der Waals surface area contributed by atoms with Crippen molar-refractivity contribution in [3.05, 3.63) is 86.6 Å². The Labute approximate surface area is 179 Å². The summed E-state index contributed by atoms with van der Waals surface area (Å²) in [4.78, 5) is 29.8. The molecule has 0 aliphatic carbocycles. The third-order valence-corrected chi connectivity index (χ3v) is 5.98. The number of benzene rings is 1. The molecule has 158 valence electrons. The lowest BCUT2D eigenvalue weighted by molar-refractivity contribution is 0.0336. The van der Waals surface area contributed by atoms with Gasteiger partial charge in [-0.05, 0) is 35.7 Å². The van der Waals surface area contributed by atoms with E-state index in [1.807, 2.05) is 0 Å². The molecule has 1 atom stereocenters. The number of rotatable bonds is 2. The number of fused-ring (bicyclic) bond motifs is 4. The fourth-order valence-corrected chi connectivity index (χ4v) is 4.33. The van der Waals surface area contributed by atoms with Crippen LogP contribution in [0.25, 0.3) is 16.3 Å². The average molecular weight is 444 g/mol. The molecule has 6 nitrogen and oxygen atoms in total. The molecular weight excluding hydrogens is 428 g/mol. The lowest BCUT2D eigenvalue weighted by Crippen LogP contribution is -2.37. The number of carbonyl (C=O) groups excluding carboxylic acids is 1. The fraction of sp³-hybridized carbons (Fsp3) is 0.182. The first kappa shape index (κ1) is 19.7. The van der Waals surface area contributed by atoms with E-state index in [4.69, 9.17) is 16.3 Å². The summed E-state index contributed by atoms with van der Waals surface area (Å²) < 4.78 is 35.2. The van der Waals surface area contributed by atoms with E-state index < -0.39 is 23.2 Å². The van der Waals surface area contributed by atoms with Gasteiger partial charge in [0.2, 0.25) is 0 Å². The summed E-state index contributed by atoms with van der Waals surface area (Å²) in [5.41, 5.74) is 1.53. The largest absolute Gasteiger partial charge is 0.373 e. The van der Waals surface area contributed by atoms with Crippen molar-refractivity contribution >= 4 is 33.8 Å². The number of nitrogens with zero attached hydrogens (tertiary/aromatic N) is 2. The van der Waals surface area contributed by atoms with E-state index in [-0.39, 0.29) is 29.9 Å². The lowest BCUT2D eigenvalue weighted by Gasteiger charge is -2.33. The molecule has 0 spiro atoms. The van der Waals surface area contributed by atoms with Gasteiger partial charge in [0.1, 0.15) is 0 Å². The van der Waals surface area contributed by atoms with Crippen LogP contribution in [0.3, 0.4) is 0 Å². The number of likely N-dealkylation sites (N-methyl/N-ethyl adjacent to an activating group) is 1. The Hall–Kier alpha value is -3.23. The number of pyridine rings is 2. The molecule has 1 aromatic carbocycles. The van der Waals surface area contributed by atoms with Crippen LogP contribution < -0.4 is 5.56 Å². The fourth-order valence-electron chi connectivity index (χ4n) is 4.11. The highest BCUT2D eigenvalue weighted by molar-refractivity contribution is 6.33. The maximum Gasteiger partial charge on any atom is 0.256 e. The molecule has 1 aliphatic rings. The number of H-pyrrole nitrogens is 1. The maximum atomic E-state index is 14.0. The average Bonchev–Trinajstić information content (AvgIpc) is 3.19. The Balaban J connectivity index is 1.62. The van der Waals surface area contributed by atoms with Crippen LogP contribution in [0, 0.1) is 11.6 Å². The minimum atomic E-state index is -1.11. The Morgan fingerprint density at radius 1 is 1.26 bits per heavy atom. The van der Waals surface area contributed by atoms with Crippen molar-refractivity contribution in [2.45, 2.75) is 12.6 Å². The van der Waals surface area contributed by atoms with Crippen LogP contribution in [0.15, 0.2) is 47.5 Å². The molecule has 4 heterocycles. The van der Waals surface area contributed by atoms with E-state index in [9.17, 15) is 18.4 Å². The third-order valence-electron chi connectivity index (χ3n) is 5.66. The van der Waals surface area contributed by atoms with Crippen molar-refractivity contribution in [1.82, 2.24) is 14.3 Å². The second kappa shape index (κ2) is 7.18. The summed E-state index contributed by atoms with van der Waals surface area (Å²) >= 11 is 6.21. The van der Waals surface area contributed by atoms with Gasteiger partial charge in [-0.1, -0.05) is 11.6 Å². The number of aromatic nitrogens is 2. The number of hydrogen-bond acceptors (Lipinski definition) is 3. The van der Waals surface area contributed by atoms with Crippen molar-refractivity contribution < 1.29 is 18.3 Å². The van der Waals surface area contributed by atoms with Crippen LogP contribution in [0.5, 0.6) is 0 Å². The van der Waals surface area contributed by atoms with Crippen molar-refractivity contribution in [3.8, 4) is 0 Å². The molecule has 5 rings (SSSR count). The number of amides is 1. The van der Waals surface area contributed by atoms with Gasteiger partial charge in [0.05, 0.1) is 40.7 Å². The third kappa shape index (κ3) is 3.10. The van der Waals surface area contributed by atoms with Crippen molar-refractivity contribution in [3.63, 3.8) is 0 Å². The second-order valence-electron chi connectivity index (χ2n) is 7.48. The number of ether oxygens (including phenoxy) is 1. The summed E-state index contributed by atoms with van der Waals surface area (Å²) in [6, 6.07) is 6.46. The molecule has 0 unspecified atom stereocenters. The minimum Gasteiger partial charge on any atom is -0.373 e. The molecule has 0 bridgehead atoms. The maximum absolute atomic E-state index is 14.0. The van der Waals surface area contributed by atoms with Gasteiger partial charge in [-0.3, -0.25) is 9.59 Å². The van der Waals surface area contributed by atoms with E-state index in [0.29, 0.717) is 27.4 Å². The molecule has 4 aromatic rings. The first-order chi connectivity index (χ1) is 14.8. The van der Waals surface area contributed by atoms with E-state index in [1.165, 1.54) is 4.90 Å². The van der Waals surface area contributed by atoms with Crippen LogP contribution in [-0.4, -0.2) is 33.8 Å². The Morgan fingerprint density at radius 3 is 2.74 bits per heavy atom. The van der Waals surface area contributed by atoms with Crippen LogP contribution in [0.4, 0.5) is 8.78 Å². The van der Waals surface area contributed by atoms with Gasteiger partial charge in [0, 0.05) is 30.7 Å². The van der Waals surface area contributed by atoms with Gasteiger partial charge in [0.15, 0.2) is 11.6 Å². The number of hydrogen-bond donors (Lipinski definition) is 1. The zero-order valence-electron chi connectivity index (χ0n) is 16.3. The van der Waals surface area contributed by atoms with E-state index in [0.717, 1.165) is 12.1 Å². The number of halogens is 3. The molecule has 9 heteroatoms. The summed E-state index contributed by atoms with van der Waals surface area (Å²) in [5.74, 6) is -2.47. The first-order valence-corrected chi connectivity index (χ1v) is 9.88. The molecule has 1 N–H and O–H groups in total. The van der Waals surface area contributed by atoms with Gasteiger partial charge < -0.3 is 19.0 Å². The molecule has 31 heavy (non-hydrogen) atoms. The van der Waals surface area contributed by atoms with Crippen LogP contribution in [0.1, 0.15) is 27.7 Å². The smallest absolute Gasteiger partial charge is 0.256 e. The van der Waals surface area contributed by atoms with Crippen LogP contribution in [0.2, 0.25) is 5.02 Å². The molecule has 0 fully saturated rings. The van der Waals surface area contributed by atoms with Crippen molar-refractivity contribution in [1.29, 1.82) is 0 Å². The lowest BCUT2D eigenvalue weighted by atomic mass is 9.95. The predicted octanol–water partition coefficient (Wildman–Crippen LogP) is 4.06. The second-order valence-corrected chi connectivity index (χ2v) is 7.89. The van der Waals surface area contributed by atoms with Crippen molar-refractivity contribution in [2.75, 3.05) is 13.7 Å². The van der Waals surface area contributed by atoms with Crippen LogP contribution in [-0.2, 0) is 11.3 Å². The van der Waals surface area contributed by atoms with Gasteiger partial charge in [0.25, 0.3) is 11.5 Å². The van der Waals surface area contributed by atoms with Crippen LogP contribution >= 0.6 is 11.6 Å². The Kier molecular flexibility index (Phi) is 4.56. The Bertz CT molecular complexity index is 1430. The molecule has 0 saturated carbocycles. The topological polar surface area (TPSA) is 66.8 Å². The molecule has 0 saturated heterocycles. The first-order valence-electron chi connectivity index (χ1n) is 9.50. The SMILES string of the molecule is CN(C(=O)c1cc2c(Cl)cccn2c1)[C@@H]1COCc2[nH]c(=O)c3cc(F)c(F)cc3c21. The summed E-state index contributed by atoms with van der Waals surface area (Å²) in [6.07, 6.45) is 3.46.